The summed E-state index contributed by atoms with van der Waals surface area (Å²) in [6.07, 6.45) is 1.84. The molecule has 0 radical (unpaired) electrons. The van der Waals surface area contributed by atoms with Crippen LogP contribution in [0, 0.1) is 0 Å². The van der Waals surface area contributed by atoms with Gasteiger partial charge in [0.25, 0.3) is 0 Å². The maximum Gasteiger partial charge on any atom is 0.323 e. The number of carbonyl (C=O) groups is 1. The molecule has 0 unspecified atom stereocenters. The van der Waals surface area contributed by atoms with Crippen LogP contribution in [0.5, 0.6) is 0 Å². The summed E-state index contributed by atoms with van der Waals surface area (Å²) in [6.45, 7) is 1.80. The molecule has 0 saturated heterocycles. The van der Waals surface area contributed by atoms with Gasteiger partial charge in [-0.25, -0.2) is 0 Å². The van der Waals surface area contributed by atoms with Crippen molar-refractivity contribution < 1.29 is 13.9 Å². The number of unbranched alkanes of at least 4 members (excludes halogenated alkanes) is 1. The Kier molecular flexibility index (Phi) is 6.66. The van der Waals surface area contributed by atoms with E-state index in [9.17, 15) is 9.18 Å². The first-order chi connectivity index (χ1) is 5.72. The zero-order valence-electron chi connectivity index (χ0n) is 7.38. The van der Waals surface area contributed by atoms with Crippen LogP contribution in [0.2, 0.25) is 0 Å². The van der Waals surface area contributed by atoms with E-state index in [2.05, 4.69) is 0 Å². The van der Waals surface area contributed by atoms with Gasteiger partial charge in [-0.3, -0.25) is 9.18 Å². The molecular formula is C8H16FNO2. The molecule has 0 saturated carbocycles. The van der Waals surface area contributed by atoms with E-state index in [1.807, 2.05) is 6.92 Å². The first kappa shape index (κ1) is 11.4. The molecule has 0 fully saturated rings. The molecule has 0 aliphatic heterocycles. The maximum atomic E-state index is 11.7. The normalized spacial score (nSPS) is 12.6. The Morgan fingerprint density at radius 2 is 2.33 bits per heavy atom. The molecule has 72 valence electrons. The van der Waals surface area contributed by atoms with E-state index < -0.39 is 18.7 Å². The number of ether oxygens (including phenoxy) is 1. The van der Waals surface area contributed by atoms with Crippen LogP contribution in [-0.4, -0.2) is 25.3 Å². The highest BCUT2D eigenvalue weighted by atomic mass is 19.1. The average molecular weight is 177 g/mol. The molecule has 3 nitrogen and oxygen atoms in total. The third kappa shape index (κ3) is 5.07. The van der Waals surface area contributed by atoms with Gasteiger partial charge in [-0.05, 0) is 6.42 Å². The Balaban J connectivity index is 3.43. The van der Waals surface area contributed by atoms with E-state index in [1.54, 1.807) is 0 Å². The average Bonchev–Trinajstić information content (AvgIpc) is 2.05. The van der Waals surface area contributed by atoms with Gasteiger partial charge in [0.05, 0.1) is 13.3 Å². The highest BCUT2D eigenvalue weighted by Crippen LogP contribution is 1.95. The molecular weight excluding hydrogens is 161 g/mol. The molecule has 0 heterocycles. The molecule has 2 N–H and O–H groups in total. The van der Waals surface area contributed by atoms with E-state index in [0.29, 0.717) is 6.61 Å². The molecule has 0 aromatic carbocycles. The summed E-state index contributed by atoms with van der Waals surface area (Å²) in [5.41, 5.74) is 5.30. The van der Waals surface area contributed by atoms with Crippen molar-refractivity contribution in [1.29, 1.82) is 0 Å². The Hall–Kier alpha value is -0.640. The second kappa shape index (κ2) is 7.03. The second-order valence-corrected chi connectivity index (χ2v) is 2.61. The number of carbonyl (C=O) groups excluding carboxylic acids is 1. The lowest BCUT2D eigenvalue weighted by Gasteiger charge is -2.08. The second-order valence-electron chi connectivity index (χ2n) is 2.61. The predicted octanol–water partition coefficient (Wildman–Crippen LogP) is 1.02. The van der Waals surface area contributed by atoms with Crippen molar-refractivity contribution in [1.82, 2.24) is 0 Å². The van der Waals surface area contributed by atoms with Crippen LogP contribution >= 0.6 is 0 Å². The molecule has 12 heavy (non-hydrogen) atoms. The minimum Gasteiger partial charge on any atom is -0.465 e. The molecule has 4 heteroatoms. The number of rotatable bonds is 6. The van der Waals surface area contributed by atoms with Crippen LogP contribution in [0.1, 0.15) is 26.2 Å². The maximum absolute atomic E-state index is 11.7. The fourth-order valence-corrected chi connectivity index (χ4v) is 0.660. The van der Waals surface area contributed by atoms with E-state index >= 15 is 0 Å². The number of nitrogens with two attached hydrogens (primary N) is 1. The number of halogens is 1. The van der Waals surface area contributed by atoms with Crippen molar-refractivity contribution in [2.45, 2.75) is 32.2 Å². The quantitative estimate of drug-likeness (QED) is 0.486. The van der Waals surface area contributed by atoms with E-state index in [4.69, 9.17) is 10.5 Å². The lowest BCUT2D eigenvalue weighted by atomic mass is 10.2. The van der Waals surface area contributed by atoms with Crippen molar-refractivity contribution in [2.24, 2.45) is 5.73 Å². The van der Waals surface area contributed by atoms with Gasteiger partial charge in [0.1, 0.15) is 6.04 Å². The van der Waals surface area contributed by atoms with Crippen molar-refractivity contribution >= 4 is 5.97 Å². The van der Waals surface area contributed by atoms with Crippen molar-refractivity contribution in [3.05, 3.63) is 0 Å². The zero-order valence-corrected chi connectivity index (χ0v) is 7.38. The summed E-state index contributed by atoms with van der Waals surface area (Å²) >= 11 is 0. The Labute approximate surface area is 72.1 Å². The number of alkyl halides is 1. The first-order valence-electron chi connectivity index (χ1n) is 4.20. The first-order valence-corrected chi connectivity index (χ1v) is 4.20. The predicted molar refractivity (Wildman–Crippen MR) is 44.4 cm³/mol. The van der Waals surface area contributed by atoms with E-state index in [-0.39, 0.29) is 6.42 Å². The Morgan fingerprint density at radius 1 is 1.67 bits per heavy atom. The smallest absolute Gasteiger partial charge is 0.323 e. The van der Waals surface area contributed by atoms with Gasteiger partial charge in [0, 0.05) is 6.42 Å². The topological polar surface area (TPSA) is 52.3 Å². The van der Waals surface area contributed by atoms with E-state index in [0.717, 1.165) is 12.8 Å². The minimum absolute atomic E-state index is 0.0466. The van der Waals surface area contributed by atoms with Gasteiger partial charge in [0.2, 0.25) is 0 Å². The standard InChI is InChI=1S/C8H16FNO2/c1-2-3-6-12-8(11)7(10)4-5-9/h7H,2-6,10H2,1H3/t7-/m1/s1. The fraction of sp³-hybridized carbons (Fsp3) is 0.875. The van der Waals surface area contributed by atoms with Crippen LogP contribution in [0.25, 0.3) is 0 Å². The van der Waals surface area contributed by atoms with Crippen molar-refractivity contribution in [3.8, 4) is 0 Å². The summed E-state index contributed by atoms with van der Waals surface area (Å²) in [4.78, 5) is 10.9. The van der Waals surface area contributed by atoms with Crippen LogP contribution in [0.15, 0.2) is 0 Å². The van der Waals surface area contributed by atoms with Gasteiger partial charge in [-0.2, -0.15) is 0 Å². The molecule has 0 aromatic rings. The number of esters is 1. The monoisotopic (exact) mass is 177 g/mol. The summed E-state index contributed by atoms with van der Waals surface area (Å²) in [7, 11) is 0. The summed E-state index contributed by atoms with van der Waals surface area (Å²) in [5.74, 6) is -0.499. The van der Waals surface area contributed by atoms with Gasteiger partial charge in [-0.15, -0.1) is 0 Å². The highest BCUT2D eigenvalue weighted by molar-refractivity contribution is 5.75. The number of hydrogen-bond acceptors (Lipinski definition) is 3. The molecule has 0 bridgehead atoms. The van der Waals surface area contributed by atoms with Gasteiger partial charge in [0.15, 0.2) is 0 Å². The third-order valence-electron chi connectivity index (χ3n) is 1.47. The van der Waals surface area contributed by atoms with Crippen LogP contribution in [-0.2, 0) is 9.53 Å². The Morgan fingerprint density at radius 3 is 2.83 bits per heavy atom. The van der Waals surface area contributed by atoms with Crippen molar-refractivity contribution in [2.75, 3.05) is 13.3 Å². The van der Waals surface area contributed by atoms with Gasteiger partial charge >= 0.3 is 5.97 Å². The molecule has 0 aliphatic carbocycles. The van der Waals surface area contributed by atoms with E-state index in [1.165, 1.54) is 0 Å². The SMILES string of the molecule is CCCCOC(=O)[C@H](N)CCF. The van der Waals surface area contributed by atoms with Crippen LogP contribution in [0.3, 0.4) is 0 Å². The highest BCUT2D eigenvalue weighted by Gasteiger charge is 2.13. The molecule has 0 aromatic heterocycles. The van der Waals surface area contributed by atoms with Gasteiger partial charge in [-0.1, -0.05) is 13.3 Å². The summed E-state index contributed by atoms with van der Waals surface area (Å²) < 4.78 is 16.5. The lowest BCUT2D eigenvalue weighted by molar-refractivity contribution is -0.145. The van der Waals surface area contributed by atoms with Crippen molar-refractivity contribution in [3.63, 3.8) is 0 Å². The fourth-order valence-electron chi connectivity index (χ4n) is 0.660. The van der Waals surface area contributed by atoms with Crippen LogP contribution in [0.4, 0.5) is 4.39 Å². The minimum atomic E-state index is -0.799. The Bertz CT molecular complexity index is 130. The molecule has 0 rings (SSSR count). The third-order valence-corrected chi connectivity index (χ3v) is 1.47. The molecule has 0 amide bonds. The number of hydrogen-bond donors (Lipinski definition) is 1. The van der Waals surface area contributed by atoms with Crippen LogP contribution < -0.4 is 5.73 Å². The van der Waals surface area contributed by atoms with Gasteiger partial charge < -0.3 is 10.5 Å². The summed E-state index contributed by atoms with van der Waals surface area (Å²) in [6, 6.07) is -0.799. The largest absolute Gasteiger partial charge is 0.465 e. The lowest BCUT2D eigenvalue weighted by Crippen LogP contribution is -2.32. The molecule has 0 aliphatic rings. The summed E-state index contributed by atoms with van der Waals surface area (Å²) in [5, 5.41) is 0. The zero-order chi connectivity index (χ0) is 9.40. The molecule has 0 spiro atoms. The molecule has 1 atom stereocenters.